The molecule has 0 aliphatic heterocycles. The van der Waals surface area contributed by atoms with Crippen LogP contribution >= 0.6 is 0 Å². The van der Waals surface area contributed by atoms with E-state index in [4.69, 9.17) is 4.74 Å². The number of unbranched alkanes of at least 4 members (excludes halogenated alkanes) is 49. The van der Waals surface area contributed by atoms with Gasteiger partial charge in [0, 0.05) is 12.8 Å². The van der Waals surface area contributed by atoms with Gasteiger partial charge in [0.05, 0.1) is 25.4 Å². The fraction of sp³-hybridized carbons (Fsp3) is 0.886. The average molecular weight is 1070 g/mol. The Morgan fingerprint density at radius 1 is 0.368 bits per heavy atom. The van der Waals surface area contributed by atoms with E-state index in [0.29, 0.717) is 19.4 Å². The van der Waals surface area contributed by atoms with Crippen LogP contribution in [0.15, 0.2) is 36.5 Å². The largest absolute Gasteiger partial charge is 0.466 e. The first-order chi connectivity index (χ1) is 37.5. The molecule has 0 aliphatic carbocycles. The summed E-state index contributed by atoms with van der Waals surface area (Å²) in [4.78, 5) is 24.5. The molecule has 0 aromatic rings. The number of carbonyl (C=O) groups is 2. The summed E-state index contributed by atoms with van der Waals surface area (Å²) in [5, 5.41) is 23.1. The zero-order valence-electron chi connectivity index (χ0n) is 51.3. The van der Waals surface area contributed by atoms with Crippen LogP contribution in [-0.2, 0) is 14.3 Å². The van der Waals surface area contributed by atoms with Gasteiger partial charge in [0.2, 0.25) is 5.91 Å². The van der Waals surface area contributed by atoms with Crippen molar-refractivity contribution in [2.45, 2.75) is 386 Å². The lowest BCUT2D eigenvalue weighted by atomic mass is 10.0. The molecule has 0 radical (unpaired) electrons. The second-order valence-electron chi connectivity index (χ2n) is 23.5. The summed E-state index contributed by atoms with van der Waals surface area (Å²) in [5.41, 5.74) is 0. The predicted molar refractivity (Wildman–Crippen MR) is 333 cm³/mol. The minimum absolute atomic E-state index is 0.00700. The van der Waals surface area contributed by atoms with Gasteiger partial charge < -0.3 is 20.3 Å². The highest BCUT2D eigenvalue weighted by Gasteiger charge is 2.18. The van der Waals surface area contributed by atoms with Crippen LogP contribution in [0.4, 0.5) is 0 Å². The number of hydrogen-bond donors (Lipinski definition) is 3. The Morgan fingerprint density at radius 2 is 0.658 bits per heavy atom. The number of rotatable bonds is 64. The van der Waals surface area contributed by atoms with Crippen molar-refractivity contribution in [3.8, 4) is 0 Å². The number of aliphatic hydroxyl groups is 2. The number of hydrogen-bond acceptors (Lipinski definition) is 5. The van der Waals surface area contributed by atoms with E-state index in [1.165, 1.54) is 295 Å². The van der Waals surface area contributed by atoms with Gasteiger partial charge in [-0.3, -0.25) is 9.59 Å². The number of amides is 1. The lowest BCUT2D eigenvalue weighted by Gasteiger charge is -2.20. The molecule has 3 N–H and O–H groups in total. The summed E-state index contributed by atoms with van der Waals surface area (Å²) in [6.45, 7) is 4.89. The Morgan fingerprint density at radius 3 is 1.03 bits per heavy atom. The van der Waals surface area contributed by atoms with Gasteiger partial charge in [0.15, 0.2) is 0 Å². The van der Waals surface area contributed by atoms with Crippen molar-refractivity contribution < 1.29 is 24.5 Å². The van der Waals surface area contributed by atoms with E-state index in [9.17, 15) is 19.8 Å². The number of carbonyl (C=O) groups excluding carboxylic acids is 2. The molecule has 448 valence electrons. The molecule has 0 saturated carbocycles. The second kappa shape index (κ2) is 65.6. The fourth-order valence-electron chi connectivity index (χ4n) is 10.7. The standard InChI is InChI=1S/C70H133NO5/c1-3-5-7-9-11-13-15-17-36-40-44-48-52-56-60-64-70(75)76-65-61-57-53-49-45-41-38-35-33-31-29-27-25-23-21-19-18-20-22-24-26-28-30-32-34-37-39-43-47-51-55-59-63-69(74)71-67(66-72)68(73)62-58-54-50-46-42-16-14-12-10-8-6-4-2/h11,13,17,36,58,62,67-68,72-73H,3-10,12,14-16,18-35,37-57,59-61,63-66H2,1-2H3,(H,71,74)/b13-11-,36-17-,62-58+. The summed E-state index contributed by atoms with van der Waals surface area (Å²) in [6, 6.07) is -0.623. The van der Waals surface area contributed by atoms with Crippen molar-refractivity contribution in [2.24, 2.45) is 0 Å². The highest BCUT2D eigenvalue weighted by molar-refractivity contribution is 5.76. The molecule has 1 amide bonds. The highest BCUT2D eigenvalue weighted by atomic mass is 16.5. The smallest absolute Gasteiger partial charge is 0.305 e. The van der Waals surface area contributed by atoms with Crippen molar-refractivity contribution in [3.05, 3.63) is 36.5 Å². The summed E-state index contributed by atoms with van der Waals surface area (Å²) in [5.74, 6) is -0.0559. The molecule has 76 heavy (non-hydrogen) atoms. The normalized spacial score (nSPS) is 12.7. The number of aliphatic hydroxyl groups excluding tert-OH is 2. The number of allylic oxidation sites excluding steroid dienone is 5. The molecular weight excluding hydrogens is 935 g/mol. The molecule has 0 rings (SSSR count). The van der Waals surface area contributed by atoms with Gasteiger partial charge in [-0.05, 0) is 64.2 Å². The Labute approximate surface area is 474 Å². The highest BCUT2D eigenvalue weighted by Crippen LogP contribution is 2.18. The molecular formula is C70H133NO5. The molecule has 6 nitrogen and oxygen atoms in total. The molecule has 6 heteroatoms. The van der Waals surface area contributed by atoms with Gasteiger partial charge in [-0.2, -0.15) is 0 Å². The third kappa shape index (κ3) is 61.3. The van der Waals surface area contributed by atoms with Gasteiger partial charge >= 0.3 is 5.97 Å². The third-order valence-electron chi connectivity index (χ3n) is 15.9. The van der Waals surface area contributed by atoms with E-state index >= 15 is 0 Å². The number of nitrogens with one attached hydrogen (secondary N) is 1. The summed E-state index contributed by atoms with van der Waals surface area (Å²) >= 11 is 0. The molecule has 2 atom stereocenters. The Bertz CT molecular complexity index is 1230. The van der Waals surface area contributed by atoms with Crippen LogP contribution in [0.1, 0.15) is 373 Å². The monoisotopic (exact) mass is 1070 g/mol. The van der Waals surface area contributed by atoms with E-state index in [1.807, 2.05) is 6.08 Å². The maximum atomic E-state index is 12.4. The first kappa shape index (κ1) is 74.1. The average Bonchev–Trinajstić information content (AvgIpc) is 3.42. The maximum absolute atomic E-state index is 12.4. The maximum Gasteiger partial charge on any atom is 0.305 e. The summed E-state index contributed by atoms with van der Waals surface area (Å²) < 4.78 is 5.49. The van der Waals surface area contributed by atoms with Crippen LogP contribution in [0.3, 0.4) is 0 Å². The van der Waals surface area contributed by atoms with Crippen molar-refractivity contribution in [2.75, 3.05) is 13.2 Å². The number of esters is 1. The molecule has 0 bridgehead atoms. The van der Waals surface area contributed by atoms with E-state index < -0.39 is 12.1 Å². The van der Waals surface area contributed by atoms with Crippen molar-refractivity contribution in [1.29, 1.82) is 0 Å². The lowest BCUT2D eigenvalue weighted by molar-refractivity contribution is -0.143. The molecule has 0 aromatic heterocycles. The van der Waals surface area contributed by atoms with Crippen LogP contribution in [0.25, 0.3) is 0 Å². The van der Waals surface area contributed by atoms with Crippen LogP contribution < -0.4 is 5.32 Å². The summed E-state index contributed by atoms with van der Waals surface area (Å²) in [6.07, 6.45) is 83.7. The molecule has 2 unspecified atom stereocenters. The van der Waals surface area contributed by atoms with Crippen molar-refractivity contribution >= 4 is 11.9 Å². The number of ether oxygens (including phenoxy) is 1. The fourth-order valence-corrected chi connectivity index (χ4v) is 10.7. The van der Waals surface area contributed by atoms with Crippen LogP contribution in [0.2, 0.25) is 0 Å². The van der Waals surface area contributed by atoms with Gasteiger partial charge in [0.25, 0.3) is 0 Å². The SMILES string of the molecule is CCCCC/C=C\C/C=C\CCCCCCCC(=O)OCCCCCCCCCCCCCCCCCCCCCCCCCCCCCCCCCCC(=O)NC(CO)C(O)/C=C/CCCCCCCCCCCC. The van der Waals surface area contributed by atoms with Gasteiger partial charge in [-0.25, -0.2) is 0 Å². The minimum atomic E-state index is -0.840. The zero-order chi connectivity index (χ0) is 55.0. The van der Waals surface area contributed by atoms with Crippen LogP contribution in [-0.4, -0.2) is 47.4 Å². The predicted octanol–water partition coefficient (Wildman–Crippen LogP) is 21.9. The van der Waals surface area contributed by atoms with Crippen LogP contribution in [0.5, 0.6) is 0 Å². The first-order valence-electron chi connectivity index (χ1n) is 34.3. The van der Waals surface area contributed by atoms with Crippen molar-refractivity contribution in [1.82, 2.24) is 5.32 Å². The topological polar surface area (TPSA) is 95.9 Å². The lowest BCUT2D eigenvalue weighted by Crippen LogP contribution is -2.45. The van der Waals surface area contributed by atoms with Gasteiger partial charge in [0.1, 0.15) is 0 Å². The van der Waals surface area contributed by atoms with Gasteiger partial charge in [-0.1, -0.05) is 333 Å². The third-order valence-corrected chi connectivity index (χ3v) is 15.9. The molecule has 0 aliphatic rings. The van der Waals surface area contributed by atoms with E-state index in [-0.39, 0.29) is 18.5 Å². The Balaban J connectivity index is 3.32. The Kier molecular flexibility index (Phi) is 63.9. The molecule has 0 aromatic carbocycles. The Hall–Kier alpha value is -1.92. The van der Waals surface area contributed by atoms with Crippen molar-refractivity contribution in [3.63, 3.8) is 0 Å². The quantitative estimate of drug-likeness (QED) is 0.0320. The van der Waals surface area contributed by atoms with E-state index in [0.717, 1.165) is 51.4 Å². The van der Waals surface area contributed by atoms with E-state index in [2.05, 4.69) is 43.5 Å². The first-order valence-corrected chi connectivity index (χ1v) is 34.3. The van der Waals surface area contributed by atoms with Crippen LogP contribution in [0, 0.1) is 0 Å². The molecule has 0 fully saturated rings. The minimum Gasteiger partial charge on any atom is -0.466 e. The molecule has 0 saturated heterocycles. The summed E-state index contributed by atoms with van der Waals surface area (Å²) in [7, 11) is 0. The van der Waals surface area contributed by atoms with E-state index in [1.54, 1.807) is 6.08 Å². The zero-order valence-corrected chi connectivity index (χ0v) is 51.3. The second-order valence-corrected chi connectivity index (χ2v) is 23.5. The molecule has 0 spiro atoms. The van der Waals surface area contributed by atoms with Gasteiger partial charge in [-0.15, -0.1) is 0 Å². The molecule has 0 heterocycles.